The summed E-state index contributed by atoms with van der Waals surface area (Å²) in [6.07, 6.45) is 6.38. The Morgan fingerprint density at radius 1 is 1.15 bits per heavy atom. The molecule has 6 heteroatoms. The van der Waals surface area contributed by atoms with Crippen LogP contribution in [0.5, 0.6) is 11.5 Å². The second kappa shape index (κ2) is 8.43. The minimum atomic E-state index is -0.369. The molecule has 3 rings (SSSR count). The molecule has 1 aromatic rings. The number of nitrogens with one attached hydrogen (secondary N) is 2. The third-order valence-electron chi connectivity index (χ3n) is 5.54. The molecule has 142 valence electrons. The van der Waals surface area contributed by atoms with Crippen LogP contribution in [0, 0.1) is 17.8 Å². The van der Waals surface area contributed by atoms with Crippen molar-refractivity contribution in [2.75, 3.05) is 13.7 Å². The molecule has 0 saturated heterocycles. The maximum absolute atomic E-state index is 12.3. The zero-order chi connectivity index (χ0) is 18.5. The van der Waals surface area contributed by atoms with E-state index >= 15 is 0 Å². The molecule has 0 heterocycles. The van der Waals surface area contributed by atoms with E-state index in [1.54, 1.807) is 18.2 Å². The molecule has 0 radical (unpaired) electrons. The SMILES string of the molecule is CCCOc1ccc(C(=O)NNC(=O)C[C@H]2C[C@H]3CC[C@@H]2C3)cc1OC. The fourth-order valence-electron chi connectivity index (χ4n) is 4.25. The summed E-state index contributed by atoms with van der Waals surface area (Å²) in [5, 5.41) is 0. The average Bonchev–Trinajstić information content (AvgIpc) is 3.27. The van der Waals surface area contributed by atoms with E-state index in [-0.39, 0.29) is 11.8 Å². The lowest BCUT2D eigenvalue weighted by molar-refractivity contribution is -0.123. The monoisotopic (exact) mass is 360 g/mol. The van der Waals surface area contributed by atoms with Gasteiger partial charge in [0.25, 0.3) is 5.91 Å². The minimum absolute atomic E-state index is 0.120. The molecule has 0 unspecified atom stereocenters. The minimum Gasteiger partial charge on any atom is -0.493 e. The Hall–Kier alpha value is -2.24. The Labute approximate surface area is 154 Å². The van der Waals surface area contributed by atoms with Crippen molar-refractivity contribution in [3.63, 3.8) is 0 Å². The molecule has 6 nitrogen and oxygen atoms in total. The maximum Gasteiger partial charge on any atom is 0.269 e. The number of ether oxygens (including phenoxy) is 2. The van der Waals surface area contributed by atoms with Crippen molar-refractivity contribution in [3.8, 4) is 11.5 Å². The number of hydrazine groups is 1. The zero-order valence-corrected chi connectivity index (χ0v) is 15.5. The summed E-state index contributed by atoms with van der Waals surface area (Å²) >= 11 is 0. The molecule has 0 spiro atoms. The lowest BCUT2D eigenvalue weighted by atomic mass is 9.86. The highest BCUT2D eigenvalue weighted by Gasteiger charge is 2.40. The number of amides is 2. The predicted molar refractivity (Wildman–Crippen MR) is 97.9 cm³/mol. The first-order valence-electron chi connectivity index (χ1n) is 9.50. The molecule has 0 aliphatic heterocycles. The quantitative estimate of drug-likeness (QED) is 0.733. The third-order valence-corrected chi connectivity index (χ3v) is 5.54. The topological polar surface area (TPSA) is 76.7 Å². The van der Waals surface area contributed by atoms with E-state index in [1.165, 1.54) is 26.4 Å². The van der Waals surface area contributed by atoms with Crippen molar-refractivity contribution in [1.29, 1.82) is 0 Å². The summed E-state index contributed by atoms with van der Waals surface area (Å²) < 4.78 is 10.9. The van der Waals surface area contributed by atoms with Gasteiger partial charge in [-0.15, -0.1) is 0 Å². The van der Waals surface area contributed by atoms with Crippen LogP contribution in [0.4, 0.5) is 0 Å². The summed E-state index contributed by atoms with van der Waals surface area (Å²) in [6.45, 7) is 2.61. The molecule has 2 amide bonds. The Morgan fingerprint density at radius 3 is 2.65 bits per heavy atom. The summed E-state index contributed by atoms with van der Waals surface area (Å²) in [6, 6.07) is 4.98. The fourth-order valence-corrected chi connectivity index (χ4v) is 4.25. The first kappa shape index (κ1) is 18.5. The molecule has 2 aliphatic rings. The van der Waals surface area contributed by atoms with Crippen molar-refractivity contribution in [3.05, 3.63) is 23.8 Å². The number of benzene rings is 1. The second-order valence-electron chi connectivity index (χ2n) is 7.36. The molecular weight excluding hydrogens is 332 g/mol. The van der Waals surface area contributed by atoms with Gasteiger partial charge in [0.1, 0.15) is 0 Å². The van der Waals surface area contributed by atoms with Gasteiger partial charge in [0.05, 0.1) is 13.7 Å². The molecule has 3 atom stereocenters. The molecular formula is C20H28N2O4. The Kier molecular flexibility index (Phi) is 6.01. The number of hydrogen-bond acceptors (Lipinski definition) is 4. The van der Waals surface area contributed by atoms with Gasteiger partial charge in [-0.3, -0.25) is 20.4 Å². The second-order valence-corrected chi connectivity index (χ2v) is 7.36. The van der Waals surface area contributed by atoms with Gasteiger partial charge in [0.15, 0.2) is 11.5 Å². The smallest absolute Gasteiger partial charge is 0.269 e. The number of hydrogen-bond donors (Lipinski definition) is 2. The fraction of sp³-hybridized carbons (Fsp3) is 0.600. The maximum atomic E-state index is 12.3. The van der Waals surface area contributed by atoms with Crippen LogP contribution in [0.3, 0.4) is 0 Å². The third kappa shape index (κ3) is 4.29. The van der Waals surface area contributed by atoms with Gasteiger partial charge >= 0.3 is 0 Å². The van der Waals surface area contributed by atoms with E-state index in [1.807, 2.05) is 6.92 Å². The molecule has 2 N–H and O–H groups in total. The number of carbonyl (C=O) groups excluding carboxylic acids is 2. The first-order chi connectivity index (χ1) is 12.6. The van der Waals surface area contributed by atoms with Gasteiger partial charge in [-0.2, -0.15) is 0 Å². The highest BCUT2D eigenvalue weighted by molar-refractivity contribution is 5.96. The number of fused-ring (bicyclic) bond motifs is 2. The van der Waals surface area contributed by atoms with E-state index in [0.717, 1.165) is 18.8 Å². The van der Waals surface area contributed by atoms with E-state index in [4.69, 9.17) is 9.47 Å². The van der Waals surface area contributed by atoms with Crippen molar-refractivity contribution in [2.45, 2.75) is 45.4 Å². The molecule has 0 aromatic heterocycles. The number of carbonyl (C=O) groups is 2. The van der Waals surface area contributed by atoms with Gasteiger partial charge in [0, 0.05) is 12.0 Å². The lowest BCUT2D eigenvalue weighted by Crippen LogP contribution is -2.42. The van der Waals surface area contributed by atoms with Crippen LogP contribution < -0.4 is 20.3 Å². The van der Waals surface area contributed by atoms with Crippen LogP contribution in [0.15, 0.2) is 18.2 Å². The normalized spacial score (nSPS) is 23.5. The standard InChI is InChI=1S/C20H28N2O4/c1-3-8-26-17-7-6-15(11-18(17)25-2)20(24)22-21-19(23)12-16-10-13-4-5-14(16)9-13/h6-7,11,13-14,16H,3-5,8-10,12H2,1-2H3,(H,21,23)(H,22,24)/t13-,14+,16+/m0/s1. The van der Waals surface area contributed by atoms with Gasteiger partial charge in [0.2, 0.25) is 5.91 Å². The van der Waals surface area contributed by atoms with E-state index in [9.17, 15) is 9.59 Å². The van der Waals surface area contributed by atoms with Crippen LogP contribution in [0.1, 0.15) is 55.8 Å². The molecule has 26 heavy (non-hydrogen) atoms. The van der Waals surface area contributed by atoms with E-state index in [0.29, 0.717) is 41.9 Å². The average molecular weight is 360 g/mol. The Bertz CT molecular complexity index is 661. The largest absolute Gasteiger partial charge is 0.493 e. The Balaban J connectivity index is 1.50. The van der Waals surface area contributed by atoms with Crippen LogP contribution in [-0.4, -0.2) is 25.5 Å². The summed E-state index contributed by atoms with van der Waals surface area (Å²) in [5.74, 6) is 2.60. The van der Waals surface area contributed by atoms with Crippen LogP contribution in [-0.2, 0) is 4.79 Å². The van der Waals surface area contributed by atoms with Gasteiger partial charge in [-0.05, 0) is 61.6 Å². The van der Waals surface area contributed by atoms with Gasteiger partial charge < -0.3 is 9.47 Å². The highest BCUT2D eigenvalue weighted by atomic mass is 16.5. The Morgan fingerprint density at radius 2 is 2.00 bits per heavy atom. The number of methoxy groups -OCH3 is 1. The number of rotatable bonds is 7. The molecule has 2 saturated carbocycles. The van der Waals surface area contributed by atoms with E-state index in [2.05, 4.69) is 10.9 Å². The molecule has 1 aromatic carbocycles. The van der Waals surface area contributed by atoms with Crippen LogP contribution in [0.2, 0.25) is 0 Å². The van der Waals surface area contributed by atoms with Gasteiger partial charge in [-0.1, -0.05) is 13.3 Å². The highest BCUT2D eigenvalue weighted by Crippen LogP contribution is 2.49. The molecule has 2 bridgehead atoms. The molecule has 2 fully saturated rings. The van der Waals surface area contributed by atoms with Crippen molar-refractivity contribution < 1.29 is 19.1 Å². The molecule has 2 aliphatic carbocycles. The van der Waals surface area contributed by atoms with Gasteiger partial charge in [-0.25, -0.2) is 0 Å². The van der Waals surface area contributed by atoms with Crippen LogP contribution in [0.25, 0.3) is 0 Å². The van der Waals surface area contributed by atoms with Crippen molar-refractivity contribution in [1.82, 2.24) is 10.9 Å². The summed E-state index contributed by atoms with van der Waals surface area (Å²) in [7, 11) is 1.53. The van der Waals surface area contributed by atoms with Crippen molar-refractivity contribution in [2.24, 2.45) is 17.8 Å². The van der Waals surface area contributed by atoms with E-state index < -0.39 is 0 Å². The van der Waals surface area contributed by atoms with Crippen LogP contribution >= 0.6 is 0 Å². The lowest BCUT2D eigenvalue weighted by Gasteiger charge is -2.21. The first-order valence-corrected chi connectivity index (χ1v) is 9.50. The summed E-state index contributed by atoms with van der Waals surface area (Å²) in [4.78, 5) is 24.4. The zero-order valence-electron chi connectivity index (χ0n) is 15.5. The van der Waals surface area contributed by atoms with Crippen molar-refractivity contribution >= 4 is 11.8 Å². The summed E-state index contributed by atoms with van der Waals surface area (Å²) in [5.41, 5.74) is 5.45. The predicted octanol–water partition coefficient (Wildman–Crippen LogP) is 3.07.